The fraction of sp³-hybridized carbons (Fsp3) is 0.0526. The zero-order chi connectivity index (χ0) is 16.8. The predicted octanol–water partition coefficient (Wildman–Crippen LogP) is 3.89. The highest BCUT2D eigenvalue weighted by atomic mass is 19.1. The largest absolute Gasteiger partial charge is 0.448 e. The van der Waals surface area contributed by atoms with Crippen LogP contribution in [0.25, 0.3) is 6.08 Å². The maximum Gasteiger partial charge on any atom is 0.331 e. The summed E-state index contributed by atoms with van der Waals surface area (Å²) in [7, 11) is 0. The molecule has 0 saturated carbocycles. The first-order chi connectivity index (χ1) is 11.7. The summed E-state index contributed by atoms with van der Waals surface area (Å²) in [5, 5.41) is 0. The van der Waals surface area contributed by atoms with Gasteiger partial charge in [0.1, 0.15) is 5.82 Å². The second kappa shape index (κ2) is 7.37. The van der Waals surface area contributed by atoms with Gasteiger partial charge in [-0.1, -0.05) is 18.2 Å². The minimum atomic E-state index is -0.775. The van der Waals surface area contributed by atoms with E-state index >= 15 is 0 Å². The SMILES string of the molecule is O=C(/C=C/c1ccc[nH]1)OC(c1cccc(F)c1)c1ccccn1. The Hall–Kier alpha value is -3.21. The first kappa shape index (κ1) is 15.7. The van der Waals surface area contributed by atoms with E-state index in [1.54, 1.807) is 48.8 Å². The molecule has 0 spiro atoms. The molecule has 0 amide bonds. The van der Waals surface area contributed by atoms with Crippen LogP contribution in [-0.4, -0.2) is 15.9 Å². The zero-order valence-corrected chi connectivity index (χ0v) is 12.7. The van der Waals surface area contributed by atoms with Crippen molar-refractivity contribution >= 4 is 12.0 Å². The third kappa shape index (κ3) is 3.95. The normalized spacial score (nSPS) is 12.2. The average Bonchev–Trinajstić information content (AvgIpc) is 3.12. The molecule has 1 N–H and O–H groups in total. The Morgan fingerprint density at radius 1 is 1.17 bits per heavy atom. The van der Waals surface area contributed by atoms with E-state index in [9.17, 15) is 9.18 Å². The molecule has 2 aromatic heterocycles. The van der Waals surface area contributed by atoms with Crippen molar-refractivity contribution in [1.29, 1.82) is 0 Å². The Bertz CT molecular complexity index is 830. The van der Waals surface area contributed by atoms with Gasteiger partial charge in [-0.3, -0.25) is 4.98 Å². The molecule has 0 aliphatic carbocycles. The fourth-order valence-corrected chi connectivity index (χ4v) is 2.26. The van der Waals surface area contributed by atoms with Crippen LogP contribution in [0.1, 0.15) is 23.1 Å². The number of hydrogen-bond donors (Lipinski definition) is 1. The number of hydrogen-bond acceptors (Lipinski definition) is 3. The van der Waals surface area contributed by atoms with E-state index in [2.05, 4.69) is 9.97 Å². The molecular formula is C19H15FN2O2. The zero-order valence-electron chi connectivity index (χ0n) is 12.7. The number of aromatic amines is 1. The highest BCUT2D eigenvalue weighted by Gasteiger charge is 2.19. The number of aromatic nitrogens is 2. The first-order valence-corrected chi connectivity index (χ1v) is 7.41. The number of carbonyl (C=O) groups excluding carboxylic acids is 1. The molecule has 1 aromatic carbocycles. The number of halogens is 1. The summed E-state index contributed by atoms with van der Waals surface area (Å²) in [5.41, 5.74) is 1.84. The van der Waals surface area contributed by atoms with E-state index in [-0.39, 0.29) is 0 Å². The summed E-state index contributed by atoms with van der Waals surface area (Å²) in [6.07, 6.45) is 5.52. The van der Waals surface area contributed by atoms with Crippen molar-refractivity contribution in [3.05, 3.63) is 95.8 Å². The van der Waals surface area contributed by atoms with Crippen molar-refractivity contribution in [3.8, 4) is 0 Å². The van der Waals surface area contributed by atoms with Crippen LogP contribution in [0.3, 0.4) is 0 Å². The lowest BCUT2D eigenvalue weighted by Crippen LogP contribution is -2.12. The molecule has 2 heterocycles. The third-order valence-electron chi connectivity index (χ3n) is 3.36. The summed E-state index contributed by atoms with van der Waals surface area (Å²) in [6, 6.07) is 14.9. The van der Waals surface area contributed by atoms with Gasteiger partial charge in [-0.2, -0.15) is 0 Å². The summed E-state index contributed by atoms with van der Waals surface area (Å²) in [4.78, 5) is 19.3. The molecule has 1 unspecified atom stereocenters. The van der Waals surface area contributed by atoms with Gasteiger partial charge in [0.05, 0.1) is 5.69 Å². The molecule has 0 fully saturated rings. The van der Waals surface area contributed by atoms with Gasteiger partial charge in [0, 0.05) is 29.7 Å². The number of carbonyl (C=O) groups is 1. The van der Waals surface area contributed by atoms with Gasteiger partial charge in [0.2, 0.25) is 0 Å². The van der Waals surface area contributed by atoms with Crippen LogP contribution < -0.4 is 0 Å². The van der Waals surface area contributed by atoms with E-state index in [0.717, 1.165) is 5.69 Å². The monoisotopic (exact) mass is 322 g/mol. The molecule has 1 atom stereocenters. The topological polar surface area (TPSA) is 55.0 Å². The number of pyridine rings is 1. The van der Waals surface area contributed by atoms with E-state index in [0.29, 0.717) is 11.3 Å². The average molecular weight is 322 g/mol. The summed E-state index contributed by atoms with van der Waals surface area (Å²) in [6.45, 7) is 0. The van der Waals surface area contributed by atoms with E-state index in [4.69, 9.17) is 4.74 Å². The second-order valence-corrected chi connectivity index (χ2v) is 5.09. The van der Waals surface area contributed by atoms with E-state index in [1.807, 2.05) is 12.1 Å². The van der Waals surface area contributed by atoms with Crippen molar-refractivity contribution in [2.45, 2.75) is 6.10 Å². The quantitative estimate of drug-likeness (QED) is 0.572. The Kier molecular flexibility index (Phi) is 4.81. The van der Waals surface area contributed by atoms with Gasteiger partial charge in [0.15, 0.2) is 6.10 Å². The number of ether oxygens (including phenoxy) is 1. The van der Waals surface area contributed by atoms with Gasteiger partial charge in [0.25, 0.3) is 0 Å². The van der Waals surface area contributed by atoms with Crippen molar-refractivity contribution in [2.24, 2.45) is 0 Å². The fourth-order valence-electron chi connectivity index (χ4n) is 2.26. The van der Waals surface area contributed by atoms with Gasteiger partial charge in [-0.15, -0.1) is 0 Å². The molecule has 0 bridgehead atoms. The smallest absolute Gasteiger partial charge is 0.331 e. The molecule has 24 heavy (non-hydrogen) atoms. The Balaban J connectivity index is 1.84. The minimum absolute atomic E-state index is 0.397. The van der Waals surface area contributed by atoms with E-state index in [1.165, 1.54) is 18.2 Å². The van der Waals surface area contributed by atoms with Gasteiger partial charge < -0.3 is 9.72 Å². The van der Waals surface area contributed by atoms with Crippen molar-refractivity contribution in [1.82, 2.24) is 9.97 Å². The van der Waals surface area contributed by atoms with Crippen LogP contribution in [-0.2, 0) is 9.53 Å². The number of nitrogens with zero attached hydrogens (tertiary/aromatic N) is 1. The summed E-state index contributed by atoms with van der Waals surface area (Å²) in [5.74, 6) is -0.934. The van der Waals surface area contributed by atoms with Crippen molar-refractivity contribution in [3.63, 3.8) is 0 Å². The predicted molar refractivity (Wildman–Crippen MR) is 88.4 cm³/mol. The number of nitrogens with one attached hydrogen (secondary N) is 1. The number of esters is 1. The maximum atomic E-state index is 13.5. The number of benzene rings is 1. The lowest BCUT2D eigenvalue weighted by atomic mass is 10.1. The van der Waals surface area contributed by atoms with Crippen molar-refractivity contribution < 1.29 is 13.9 Å². The van der Waals surface area contributed by atoms with Crippen LogP contribution in [0.15, 0.2) is 73.1 Å². The van der Waals surface area contributed by atoms with Gasteiger partial charge in [-0.05, 0) is 42.5 Å². The summed E-state index contributed by atoms with van der Waals surface area (Å²) >= 11 is 0. The Morgan fingerprint density at radius 3 is 2.79 bits per heavy atom. The van der Waals surface area contributed by atoms with Crippen LogP contribution in [0, 0.1) is 5.82 Å². The molecule has 5 heteroatoms. The molecule has 0 radical (unpaired) electrons. The third-order valence-corrected chi connectivity index (χ3v) is 3.36. The first-order valence-electron chi connectivity index (χ1n) is 7.41. The maximum absolute atomic E-state index is 13.5. The number of H-pyrrole nitrogens is 1. The lowest BCUT2D eigenvalue weighted by Gasteiger charge is -2.17. The highest BCUT2D eigenvalue weighted by Crippen LogP contribution is 2.25. The van der Waals surface area contributed by atoms with Crippen LogP contribution in [0.5, 0.6) is 0 Å². The Labute approximate surface area is 138 Å². The standard InChI is InChI=1S/C19H15FN2O2/c20-15-6-3-5-14(13-15)19(17-8-1-2-11-22-17)24-18(23)10-9-16-7-4-12-21-16/h1-13,19,21H/b10-9+. The van der Waals surface area contributed by atoms with Crippen molar-refractivity contribution in [2.75, 3.05) is 0 Å². The molecule has 4 nitrogen and oxygen atoms in total. The molecule has 3 rings (SSSR count). The number of rotatable bonds is 5. The molecule has 0 aliphatic heterocycles. The van der Waals surface area contributed by atoms with Crippen LogP contribution in [0.4, 0.5) is 4.39 Å². The molecule has 120 valence electrons. The van der Waals surface area contributed by atoms with Gasteiger partial charge in [-0.25, -0.2) is 9.18 Å². The molecule has 0 aliphatic rings. The molecule has 3 aromatic rings. The molecular weight excluding hydrogens is 307 g/mol. The minimum Gasteiger partial charge on any atom is -0.448 e. The summed E-state index contributed by atoms with van der Waals surface area (Å²) < 4.78 is 19.0. The van der Waals surface area contributed by atoms with E-state index < -0.39 is 17.9 Å². The highest BCUT2D eigenvalue weighted by molar-refractivity contribution is 5.87. The Morgan fingerprint density at radius 2 is 2.08 bits per heavy atom. The van der Waals surface area contributed by atoms with Crippen LogP contribution >= 0.6 is 0 Å². The van der Waals surface area contributed by atoms with Gasteiger partial charge >= 0.3 is 5.97 Å². The lowest BCUT2D eigenvalue weighted by molar-refractivity contribution is -0.141. The van der Waals surface area contributed by atoms with Crippen LogP contribution in [0.2, 0.25) is 0 Å². The molecule has 0 saturated heterocycles. The second-order valence-electron chi connectivity index (χ2n) is 5.09.